The van der Waals surface area contributed by atoms with E-state index in [4.69, 9.17) is 14.5 Å². The number of hydrogen-bond donors (Lipinski definition) is 1. The maximum atomic E-state index is 5.35. The van der Waals surface area contributed by atoms with Gasteiger partial charge in [0.05, 0.1) is 26.1 Å². The fourth-order valence-corrected chi connectivity index (χ4v) is 4.17. The van der Waals surface area contributed by atoms with E-state index in [2.05, 4.69) is 57.1 Å². The van der Waals surface area contributed by atoms with Crippen LogP contribution in [0.25, 0.3) is 34.6 Å². The molecule has 2 aromatic heterocycles. The molecule has 7 heteroatoms. The lowest BCUT2D eigenvalue weighted by atomic mass is 10.1. The molecule has 7 nitrogen and oxygen atoms in total. The number of aromatic nitrogens is 3. The minimum Gasteiger partial charge on any atom is -0.497 e. The van der Waals surface area contributed by atoms with E-state index in [-0.39, 0.29) is 0 Å². The van der Waals surface area contributed by atoms with Crippen LogP contribution in [0.2, 0.25) is 0 Å². The van der Waals surface area contributed by atoms with Crippen molar-refractivity contribution in [2.75, 3.05) is 52.3 Å². The molecular weight excluding hydrogens is 426 g/mol. The van der Waals surface area contributed by atoms with Gasteiger partial charge in [-0.2, -0.15) is 0 Å². The summed E-state index contributed by atoms with van der Waals surface area (Å²) in [7, 11) is 5.46. The molecule has 0 aliphatic carbocycles. The van der Waals surface area contributed by atoms with Crippen molar-refractivity contribution in [3.63, 3.8) is 0 Å². The maximum Gasteiger partial charge on any atom is 0.156 e. The van der Waals surface area contributed by atoms with Crippen LogP contribution in [0.4, 0.5) is 5.69 Å². The fourth-order valence-electron chi connectivity index (χ4n) is 4.17. The van der Waals surface area contributed by atoms with Gasteiger partial charge in [-0.25, -0.2) is 9.97 Å². The number of ether oxygens (including phenoxy) is 2. The predicted octanol–water partition coefficient (Wildman–Crippen LogP) is 4.56. The molecule has 1 aliphatic rings. The van der Waals surface area contributed by atoms with Gasteiger partial charge in [0, 0.05) is 43.6 Å². The average Bonchev–Trinajstić information content (AvgIpc) is 3.31. The molecule has 174 valence electrons. The average molecular weight is 456 g/mol. The number of likely N-dealkylation sites (N-methyl/N-ethyl adjacent to an activating group) is 1. The lowest BCUT2D eigenvalue weighted by Gasteiger charge is -2.34. The van der Waals surface area contributed by atoms with Crippen LogP contribution < -0.4 is 14.4 Å². The molecule has 0 amide bonds. The van der Waals surface area contributed by atoms with Gasteiger partial charge in [-0.05, 0) is 54.6 Å². The van der Waals surface area contributed by atoms with Gasteiger partial charge in [0.1, 0.15) is 17.0 Å². The van der Waals surface area contributed by atoms with E-state index in [0.717, 1.165) is 71.4 Å². The zero-order chi connectivity index (χ0) is 23.5. The van der Waals surface area contributed by atoms with Crippen LogP contribution in [-0.4, -0.2) is 67.3 Å². The van der Waals surface area contributed by atoms with E-state index in [1.165, 1.54) is 5.69 Å². The van der Waals surface area contributed by atoms with E-state index in [1.54, 1.807) is 20.4 Å². The van der Waals surface area contributed by atoms with Crippen molar-refractivity contribution < 1.29 is 9.47 Å². The number of benzene rings is 2. The van der Waals surface area contributed by atoms with E-state index < -0.39 is 0 Å². The van der Waals surface area contributed by atoms with Gasteiger partial charge in [-0.3, -0.25) is 0 Å². The van der Waals surface area contributed by atoms with Crippen molar-refractivity contribution in [3.8, 4) is 22.8 Å². The van der Waals surface area contributed by atoms with Crippen LogP contribution in [0.1, 0.15) is 11.3 Å². The van der Waals surface area contributed by atoms with Crippen LogP contribution in [0, 0.1) is 0 Å². The summed E-state index contributed by atoms with van der Waals surface area (Å²) in [6.45, 7) is 4.33. The molecule has 0 spiro atoms. The zero-order valence-corrected chi connectivity index (χ0v) is 19.8. The first-order valence-corrected chi connectivity index (χ1v) is 11.4. The number of piperazine rings is 1. The Morgan fingerprint density at radius 3 is 2.26 bits per heavy atom. The summed E-state index contributed by atoms with van der Waals surface area (Å²) in [6, 6.07) is 16.5. The minimum atomic E-state index is 0.745. The second-order valence-electron chi connectivity index (χ2n) is 8.53. The van der Waals surface area contributed by atoms with Crippen molar-refractivity contribution in [2.45, 2.75) is 0 Å². The molecule has 1 fully saturated rings. The van der Waals surface area contributed by atoms with Gasteiger partial charge >= 0.3 is 0 Å². The van der Waals surface area contributed by atoms with E-state index in [9.17, 15) is 0 Å². The first kappa shape index (κ1) is 22.0. The minimum absolute atomic E-state index is 0.745. The number of hydrogen-bond acceptors (Lipinski definition) is 6. The molecule has 0 saturated carbocycles. The Morgan fingerprint density at radius 1 is 0.882 bits per heavy atom. The summed E-state index contributed by atoms with van der Waals surface area (Å²) in [4.78, 5) is 17.5. The van der Waals surface area contributed by atoms with Crippen molar-refractivity contribution in [3.05, 3.63) is 66.0 Å². The molecule has 5 rings (SSSR count). The highest BCUT2D eigenvalue weighted by Crippen LogP contribution is 2.26. The molecule has 0 bridgehead atoms. The number of aromatic amines is 1. The maximum absolute atomic E-state index is 5.35. The molecule has 0 radical (unpaired) electrons. The summed E-state index contributed by atoms with van der Waals surface area (Å²) in [6.07, 6.45) is 5.69. The van der Waals surface area contributed by atoms with Crippen LogP contribution in [-0.2, 0) is 0 Å². The number of nitrogens with one attached hydrogen (secondary N) is 1. The molecule has 1 aliphatic heterocycles. The van der Waals surface area contributed by atoms with E-state index in [1.807, 2.05) is 30.4 Å². The van der Waals surface area contributed by atoms with Crippen LogP contribution in [0.5, 0.6) is 11.5 Å². The summed E-state index contributed by atoms with van der Waals surface area (Å²) in [5, 5.41) is 0. The lowest BCUT2D eigenvalue weighted by molar-refractivity contribution is 0.313. The highest BCUT2D eigenvalue weighted by molar-refractivity contribution is 5.81. The number of methoxy groups -OCH3 is 2. The highest BCUT2D eigenvalue weighted by atomic mass is 16.5. The number of H-pyrrole nitrogens is 1. The number of fused-ring (bicyclic) bond motifs is 1. The standard InChI is InChI=1S/C27H29N5O2/c1-31-10-12-32(13-11-31)22-8-5-20(6-9-22)25-17-26-27(30-25)28-18-21(29-26)7-4-19-14-23(33-2)16-24(15-19)34-3/h4-9,14-18H,10-13H2,1-3H3,(H,28,30). The molecule has 4 aromatic rings. The van der Waals surface area contributed by atoms with Crippen molar-refractivity contribution in [1.29, 1.82) is 0 Å². The van der Waals surface area contributed by atoms with Gasteiger partial charge in [0.25, 0.3) is 0 Å². The number of nitrogens with zero attached hydrogens (tertiary/aromatic N) is 4. The largest absolute Gasteiger partial charge is 0.497 e. The zero-order valence-electron chi connectivity index (χ0n) is 19.8. The van der Waals surface area contributed by atoms with Crippen LogP contribution >= 0.6 is 0 Å². The van der Waals surface area contributed by atoms with Crippen molar-refractivity contribution >= 4 is 29.0 Å². The summed E-state index contributed by atoms with van der Waals surface area (Å²) in [5.74, 6) is 1.49. The van der Waals surface area contributed by atoms with E-state index >= 15 is 0 Å². The van der Waals surface area contributed by atoms with E-state index in [0.29, 0.717) is 0 Å². The fraction of sp³-hybridized carbons (Fsp3) is 0.259. The van der Waals surface area contributed by atoms with Gasteiger partial charge < -0.3 is 24.3 Å². The Labute approximate surface area is 199 Å². The molecular formula is C27H29N5O2. The van der Waals surface area contributed by atoms with Gasteiger partial charge in [0.2, 0.25) is 0 Å². The summed E-state index contributed by atoms with van der Waals surface area (Å²) in [5.41, 5.74) is 6.77. The second kappa shape index (κ2) is 9.57. The molecule has 34 heavy (non-hydrogen) atoms. The molecule has 0 atom stereocenters. The van der Waals surface area contributed by atoms with Crippen LogP contribution in [0.3, 0.4) is 0 Å². The first-order chi connectivity index (χ1) is 16.6. The van der Waals surface area contributed by atoms with Gasteiger partial charge in [0.15, 0.2) is 5.65 Å². The number of anilines is 1. The normalized spacial score (nSPS) is 14.7. The Bertz CT molecular complexity index is 1280. The van der Waals surface area contributed by atoms with Gasteiger partial charge in [-0.1, -0.05) is 18.2 Å². The predicted molar refractivity (Wildman–Crippen MR) is 138 cm³/mol. The highest BCUT2D eigenvalue weighted by Gasteiger charge is 2.14. The van der Waals surface area contributed by atoms with Crippen molar-refractivity contribution in [2.24, 2.45) is 0 Å². The Kier molecular flexibility index (Phi) is 6.18. The topological polar surface area (TPSA) is 66.5 Å². The molecule has 2 aromatic carbocycles. The van der Waals surface area contributed by atoms with Crippen molar-refractivity contribution in [1.82, 2.24) is 19.9 Å². The molecule has 1 saturated heterocycles. The Hall–Kier alpha value is -3.84. The molecule has 1 N–H and O–H groups in total. The SMILES string of the molecule is COc1cc(C=Cc2cnc3[nH]c(-c4ccc(N5CCN(C)CC5)cc4)cc3n2)cc(OC)c1. The van der Waals surface area contributed by atoms with Gasteiger partial charge in [-0.15, -0.1) is 0 Å². The Balaban J connectivity index is 1.34. The third kappa shape index (κ3) is 4.75. The second-order valence-corrected chi connectivity index (χ2v) is 8.53. The molecule has 0 unspecified atom stereocenters. The summed E-state index contributed by atoms with van der Waals surface area (Å²) >= 11 is 0. The molecule has 3 heterocycles. The third-order valence-electron chi connectivity index (χ3n) is 6.22. The summed E-state index contributed by atoms with van der Waals surface area (Å²) < 4.78 is 10.7. The lowest BCUT2D eigenvalue weighted by Crippen LogP contribution is -2.44. The quantitative estimate of drug-likeness (QED) is 0.460. The Morgan fingerprint density at radius 2 is 1.59 bits per heavy atom. The smallest absolute Gasteiger partial charge is 0.156 e. The van der Waals surface area contributed by atoms with Crippen LogP contribution in [0.15, 0.2) is 54.7 Å². The number of rotatable bonds is 6. The monoisotopic (exact) mass is 455 g/mol. The first-order valence-electron chi connectivity index (χ1n) is 11.4. The third-order valence-corrected chi connectivity index (χ3v) is 6.22.